The fourth-order valence-electron chi connectivity index (χ4n) is 2.87. The zero-order chi connectivity index (χ0) is 18.2. The molecule has 0 bridgehead atoms. The maximum Gasteiger partial charge on any atom is 0.229 e. The van der Waals surface area contributed by atoms with Crippen LogP contribution in [0.2, 0.25) is 0 Å². The Morgan fingerprint density at radius 2 is 2.04 bits per heavy atom. The zero-order valence-electron chi connectivity index (χ0n) is 14.3. The van der Waals surface area contributed by atoms with Gasteiger partial charge in [0.05, 0.1) is 17.6 Å². The van der Waals surface area contributed by atoms with E-state index < -0.39 is 10.0 Å². The summed E-state index contributed by atoms with van der Waals surface area (Å²) in [6.45, 7) is 4.04. The Hall–Kier alpha value is -2.48. The SMILES string of the molecule is CC(C)c1nccc([C@@H]2CC(=O)Nc3cc(NS(C)(=O)=O)ccc32)n1. The number of hydrogen-bond acceptors (Lipinski definition) is 5. The molecule has 7 nitrogen and oxygen atoms in total. The Morgan fingerprint density at radius 3 is 2.72 bits per heavy atom. The van der Waals surface area contributed by atoms with Gasteiger partial charge in [0.1, 0.15) is 5.82 Å². The molecule has 1 aliphatic rings. The Bertz CT molecular complexity index is 925. The number of amides is 1. The van der Waals surface area contributed by atoms with E-state index in [4.69, 9.17) is 0 Å². The minimum absolute atomic E-state index is 0.126. The summed E-state index contributed by atoms with van der Waals surface area (Å²) in [5.41, 5.74) is 2.71. The fraction of sp³-hybridized carbons (Fsp3) is 0.353. The lowest BCUT2D eigenvalue weighted by atomic mass is 9.87. The van der Waals surface area contributed by atoms with Crippen molar-refractivity contribution in [2.45, 2.75) is 32.1 Å². The molecule has 0 fully saturated rings. The first-order valence-electron chi connectivity index (χ1n) is 7.97. The van der Waals surface area contributed by atoms with E-state index >= 15 is 0 Å². The highest BCUT2D eigenvalue weighted by atomic mass is 32.2. The van der Waals surface area contributed by atoms with Gasteiger partial charge < -0.3 is 5.32 Å². The second kappa shape index (κ2) is 6.44. The van der Waals surface area contributed by atoms with E-state index in [1.54, 1.807) is 18.3 Å². The second-order valence-corrected chi connectivity index (χ2v) is 8.22. The predicted molar refractivity (Wildman–Crippen MR) is 96.1 cm³/mol. The summed E-state index contributed by atoms with van der Waals surface area (Å²) in [5.74, 6) is 0.619. The van der Waals surface area contributed by atoms with Gasteiger partial charge in [-0.3, -0.25) is 9.52 Å². The molecule has 8 heteroatoms. The van der Waals surface area contributed by atoms with Crippen LogP contribution in [0.5, 0.6) is 0 Å². The first-order chi connectivity index (χ1) is 11.7. The van der Waals surface area contributed by atoms with Crippen molar-refractivity contribution in [1.82, 2.24) is 9.97 Å². The normalized spacial score (nSPS) is 17.1. The topological polar surface area (TPSA) is 101 Å². The lowest BCUT2D eigenvalue weighted by Crippen LogP contribution is -2.24. The van der Waals surface area contributed by atoms with E-state index in [2.05, 4.69) is 20.0 Å². The Balaban J connectivity index is 2.02. The molecular weight excluding hydrogens is 340 g/mol. The molecule has 1 aromatic carbocycles. The van der Waals surface area contributed by atoms with E-state index in [1.165, 1.54) is 0 Å². The van der Waals surface area contributed by atoms with E-state index in [0.29, 0.717) is 17.8 Å². The number of benzene rings is 1. The van der Waals surface area contributed by atoms with E-state index in [1.807, 2.05) is 26.0 Å². The van der Waals surface area contributed by atoms with Crippen molar-refractivity contribution < 1.29 is 13.2 Å². The summed E-state index contributed by atoms with van der Waals surface area (Å²) >= 11 is 0. The van der Waals surface area contributed by atoms with E-state index in [-0.39, 0.29) is 17.7 Å². The molecule has 2 heterocycles. The largest absolute Gasteiger partial charge is 0.326 e. The van der Waals surface area contributed by atoms with Crippen LogP contribution in [0.3, 0.4) is 0 Å². The predicted octanol–water partition coefficient (Wildman–Crippen LogP) is 2.45. The number of carbonyl (C=O) groups excluding carboxylic acids is 1. The molecule has 0 spiro atoms. The van der Waals surface area contributed by atoms with Crippen molar-refractivity contribution in [1.29, 1.82) is 0 Å². The van der Waals surface area contributed by atoms with Crippen LogP contribution < -0.4 is 10.0 Å². The number of fused-ring (bicyclic) bond motifs is 1. The van der Waals surface area contributed by atoms with Crippen molar-refractivity contribution in [2.24, 2.45) is 0 Å². The van der Waals surface area contributed by atoms with Gasteiger partial charge in [-0.15, -0.1) is 0 Å². The molecule has 0 saturated heterocycles. The molecule has 0 radical (unpaired) electrons. The van der Waals surface area contributed by atoms with Crippen LogP contribution in [0.1, 0.15) is 49.2 Å². The van der Waals surface area contributed by atoms with E-state index in [0.717, 1.165) is 23.3 Å². The second-order valence-electron chi connectivity index (χ2n) is 6.48. The van der Waals surface area contributed by atoms with Gasteiger partial charge in [-0.1, -0.05) is 19.9 Å². The van der Waals surface area contributed by atoms with Gasteiger partial charge in [0.2, 0.25) is 15.9 Å². The van der Waals surface area contributed by atoms with Crippen LogP contribution in [0.4, 0.5) is 11.4 Å². The smallest absolute Gasteiger partial charge is 0.229 e. The molecule has 3 rings (SSSR count). The standard InChI is InChI=1S/C17H20N4O3S/c1-10(2)17-18-7-6-14(20-17)13-9-16(22)19-15-8-11(4-5-12(13)15)21-25(3,23)24/h4-8,10,13,21H,9H2,1-3H3,(H,19,22)/t13-/m1/s1. The van der Waals surface area contributed by atoms with Gasteiger partial charge in [-0.2, -0.15) is 0 Å². The molecule has 0 unspecified atom stereocenters. The van der Waals surface area contributed by atoms with Gasteiger partial charge in [0.15, 0.2) is 0 Å². The highest BCUT2D eigenvalue weighted by molar-refractivity contribution is 7.92. The molecule has 0 aliphatic carbocycles. The molecule has 1 atom stereocenters. The molecule has 0 saturated carbocycles. The lowest BCUT2D eigenvalue weighted by Gasteiger charge is -2.26. The third kappa shape index (κ3) is 3.96. The molecular formula is C17H20N4O3S. The van der Waals surface area contributed by atoms with Gasteiger partial charge in [0.25, 0.3) is 0 Å². The van der Waals surface area contributed by atoms with Gasteiger partial charge in [-0.05, 0) is 23.8 Å². The summed E-state index contributed by atoms with van der Waals surface area (Å²) in [4.78, 5) is 21.0. The van der Waals surface area contributed by atoms with Crippen molar-refractivity contribution in [3.05, 3.63) is 47.5 Å². The number of rotatable bonds is 4. The lowest BCUT2D eigenvalue weighted by molar-refractivity contribution is -0.116. The summed E-state index contributed by atoms with van der Waals surface area (Å²) < 4.78 is 25.2. The number of nitrogens with zero attached hydrogens (tertiary/aromatic N) is 2. The Labute approximate surface area is 146 Å². The first kappa shape index (κ1) is 17.3. The number of anilines is 2. The monoisotopic (exact) mass is 360 g/mol. The molecule has 132 valence electrons. The number of nitrogens with one attached hydrogen (secondary N) is 2. The summed E-state index contributed by atoms with van der Waals surface area (Å²) in [6.07, 6.45) is 3.09. The van der Waals surface area contributed by atoms with Crippen LogP contribution in [0.15, 0.2) is 30.5 Å². The van der Waals surface area contributed by atoms with Crippen LogP contribution >= 0.6 is 0 Å². The minimum atomic E-state index is -3.38. The van der Waals surface area contributed by atoms with Crippen LogP contribution in [-0.4, -0.2) is 30.5 Å². The maximum absolute atomic E-state index is 12.1. The highest BCUT2D eigenvalue weighted by Crippen LogP contribution is 2.37. The number of aromatic nitrogens is 2. The number of hydrogen-bond donors (Lipinski definition) is 2. The Kier molecular flexibility index (Phi) is 4.47. The zero-order valence-corrected chi connectivity index (χ0v) is 15.1. The van der Waals surface area contributed by atoms with Crippen molar-refractivity contribution in [2.75, 3.05) is 16.3 Å². The van der Waals surface area contributed by atoms with Gasteiger partial charge >= 0.3 is 0 Å². The highest BCUT2D eigenvalue weighted by Gasteiger charge is 2.28. The number of carbonyl (C=O) groups is 1. The molecule has 1 aromatic heterocycles. The molecule has 25 heavy (non-hydrogen) atoms. The molecule has 2 aromatic rings. The van der Waals surface area contributed by atoms with Crippen molar-refractivity contribution >= 4 is 27.3 Å². The van der Waals surface area contributed by atoms with Crippen LogP contribution in [-0.2, 0) is 14.8 Å². The third-order valence-electron chi connectivity index (χ3n) is 3.96. The Morgan fingerprint density at radius 1 is 1.28 bits per heavy atom. The summed E-state index contributed by atoms with van der Waals surface area (Å²) in [5, 5.41) is 2.81. The quantitative estimate of drug-likeness (QED) is 0.872. The first-order valence-corrected chi connectivity index (χ1v) is 9.86. The minimum Gasteiger partial charge on any atom is -0.326 e. The van der Waals surface area contributed by atoms with E-state index in [9.17, 15) is 13.2 Å². The van der Waals surface area contributed by atoms with Crippen LogP contribution in [0.25, 0.3) is 0 Å². The average molecular weight is 360 g/mol. The fourth-order valence-corrected chi connectivity index (χ4v) is 3.42. The molecule has 1 aliphatic heterocycles. The molecule has 2 N–H and O–H groups in total. The van der Waals surface area contributed by atoms with Gasteiger partial charge in [-0.25, -0.2) is 18.4 Å². The van der Waals surface area contributed by atoms with Crippen molar-refractivity contribution in [3.63, 3.8) is 0 Å². The number of sulfonamides is 1. The van der Waals surface area contributed by atoms with Gasteiger partial charge in [0, 0.05) is 30.1 Å². The molecule has 1 amide bonds. The summed E-state index contributed by atoms with van der Waals surface area (Å²) in [6, 6.07) is 6.96. The summed E-state index contributed by atoms with van der Waals surface area (Å²) in [7, 11) is -3.38. The third-order valence-corrected chi connectivity index (χ3v) is 4.57. The maximum atomic E-state index is 12.1. The van der Waals surface area contributed by atoms with Crippen molar-refractivity contribution in [3.8, 4) is 0 Å². The van der Waals surface area contributed by atoms with Crippen LogP contribution in [0, 0.1) is 0 Å². The average Bonchev–Trinajstić information content (AvgIpc) is 2.52.